The first-order chi connectivity index (χ1) is 14.5. The van der Waals surface area contributed by atoms with Crippen LogP contribution in [0.5, 0.6) is 11.5 Å². The molecule has 6 nitrogen and oxygen atoms in total. The van der Waals surface area contributed by atoms with Crippen molar-refractivity contribution in [2.45, 2.75) is 12.8 Å². The van der Waals surface area contributed by atoms with Crippen LogP contribution in [0.25, 0.3) is 6.08 Å². The molecule has 0 aromatic heterocycles. The summed E-state index contributed by atoms with van der Waals surface area (Å²) in [5.74, 6) is 0.390. The number of nitrogens with zero attached hydrogens (tertiary/aromatic N) is 1. The Morgan fingerprint density at radius 1 is 1.10 bits per heavy atom. The van der Waals surface area contributed by atoms with E-state index in [0.717, 1.165) is 0 Å². The van der Waals surface area contributed by atoms with E-state index in [1.807, 2.05) is 0 Å². The van der Waals surface area contributed by atoms with Crippen molar-refractivity contribution < 1.29 is 23.5 Å². The average molecular weight is 431 g/mol. The second-order valence-electron chi connectivity index (χ2n) is 7.16. The third-order valence-electron chi connectivity index (χ3n) is 5.18. The Labute approximate surface area is 178 Å². The molecule has 2 aliphatic rings. The monoisotopic (exact) mass is 430 g/mol. The van der Waals surface area contributed by atoms with Crippen LogP contribution >= 0.6 is 11.6 Å². The third kappa shape index (κ3) is 4.57. The van der Waals surface area contributed by atoms with E-state index in [1.165, 1.54) is 18.2 Å². The Bertz CT molecular complexity index is 1000. The van der Waals surface area contributed by atoms with Gasteiger partial charge in [0.25, 0.3) is 0 Å². The molecule has 0 bridgehead atoms. The van der Waals surface area contributed by atoms with Crippen molar-refractivity contribution in [3.8, 4) is 11.5 Å². The molecule has 8 heteroatoms. The summed E-state index contributed by atoms with van der Waals surface area (Å²) >= 11 is 5.75. The molecule has 0 atom stereocenters. The number of rotatable bonds is 4. The van der Waals surface area contributed by atoms with E-state index in [2.05, 4.69) is 5.32 Å². The topological polar surface area (TPSA) is 67.9 Å². The fraction of sp³-hybridized carbons (Fsp3) is 0.273. The number of halogens is 2. The number of fused-ring (bicyclic) bond motifs is 1. The Morgan fingerprint density at radius 3 is 2.63 bits per heavy atom. The first-order valence-electron chi connectivity index (χ1n) is 9.62. The molecule has 0 unspecified atom stereocenters. The number of piperidine rings is 1. The Hall–Kier alpha value is -3.06. The van der Waals surface area contributed by atoms with Gasteiger partial charge >= 0.3 is 0 Å². The lowest BCUT2D eigenvalue weighted by atomic mass is 9.95. The van der Waals surface area contributed by atoms with Crippen molar-refractivity contribution in [1.29, 1.82) is 0 Å². The van der Waals surface area contributed by atoms with E-state index in [9.17, 15) is 14.0 Å². The summed E-state index contributed by atoms with van der Waals surface area (Å²) in [6.45, 7) is 1.17. The number of likely N-dealkylation sites (tertiary alicyclic amines) is 1. The number of amides is 2. The molecule has 0 radical (unpaired) electrons. The fourth-order valence-electron chi connectivity index (χ4n) is 3.47. The first kappa shape index (κ1) is 20.2. The minimum absolute atomic E-state index is 0.0129. The molecule has 4 rings (SSSR count). The molecule has 2 aromatic carbocycles. The number of anilines is 1. The summed E-state index contributed by atoms with van der Waals surface area (Å²) in [5.41, 5.74) is 1.30. The molecular weight excluding hydrogens is 411 g/mol. The van der Waals surface area contributed by atoms with E-state index in [4.69, 9.17) is 21.1 Å². The first-order valence-corrected chi connectivity index (χ1v) is 10.00. The SMILES string of the molecule is O=C(Nc1ccc2c(c1)OCO2)C1CCN(C(=O)C=Cc2ccc(F)c(Cl)c2)CC1. The van der Waals surface area contributed by atoms with Crippen molar-refractivity contribution in [2.75, 3.05) is 25.2 Å². The lowest BCUT2D eigenvalue weighted by molar-refractivity contribution is -0.130. The summed E-state index contributed by atoms with van der Waals surface area (Å²) in [6, 6.07) is 9.56. The van der Waals surface area contributed by atoms with E-state index in [0.29, 0.717) is 48.7 Å². The molecule has 1 saturated heterocycles. The van der Waals surface area contributed by atoms with Crippen LogP contribution in [0.3, 0.4) is 0 Å². The number of carbonyl (C=O) groups is 2. The third-order valence-corrected chi connectivity index (χ3v) is 5.47. The van der Waals surface area contributed by atoms with Gasteiger partial charge in [0.05, 0.1) is 5.02 Å². The summed E-state index contributed by atoms with van der Waals surface area (Å²) in [6.07, 6.45) is 4.21. The predicted octanol–water partition coefficient (Wildman–Crippen LogP) is 4.10. The molecule has 2 amide bonds. The fourth-order valence-corrected chi connectivity index (χ4v) is 3.66. The van der Waals surface area contributed by atoms with E-state index in [1.54, 1.807) is 35.2 Å². The van der Waals surface area contributed by atoms with Crippen LogP contribution in [0.1, 0.15) is 18.4 Å². The zero-order chi connectivity index (χ0) is 21.1. The van der Waals surface area contributed by atoms with Gasteiger partial charge in [0, 0.05) is 36.8 Å². The molecule has 0 saturated carbocycles. The second-order valence-corrected chi connectivity index (χ2v) is 7.57. The zero-order valence-electron chi connectivity index (χ0n) is 16.1. The lowest BCUT2D eigenvalue weighted by Crippen LogP contribution is -2.40. The Kier molecular flexibility index (Phi) is 5.90. The van der Waals surface area contributed by atoms with Crippen molar-refractivity contribution in [3.63, 3.8) is 0 Å². The van der Waals surface area contributed by atoms with Gasteiger partial charge in [0.15, 0.2) is 11.5 Å². The maximum Gasteiger partial charge on any atom is 0.246 e. The van der Waals surface area contributed by atoms with Gasteiger partial charge in [-0.15, -0.1) is 0 Å². The van der Waals surface area contributed by atoms with Gasteiger partial charge in [0.2, 0.25) is 18.6 Å². The van der Waals surface area contributed by atoms with Gasteiger partial charge in [-0.05, 0) is 48.7 Å². The summed E-state index contributed by atoms with van der Waals surface area (Å²) in [7, 11) is 0. The number of benzene rings is 2. The minimum atomic E-state index is -0.499. The van der Waals surface area contributed by atoms with Gasteiger partial charge in [-0.2, -0.15) is 0 Å². The molecule has 1 N–H and O–H groups in total. The van der Waals surface area contributed by atoms with Crippen LogP contribution in [0.2, 0.25) is 5.02 Å². The maximum atomic E-state index is 13.2. The highest BCUT2D eigenvalue weighted by Crippen LogP contribution is 2.34. The maximum absolute atomic E-state index is 13.2. The smallest absolute Gasteiger partial charge is 0.246 e. The lowest BCUT2D eigenvalue weighted by Gasteiger charge is -2.30. The predicted molar refractivity (Wildman–Crippen MR) is 111 cm³/mol. The molecule has 0 aliphatic carbocycles. The molecule has 1 fully saturated rings. The van der Waals surface area contributed by atoms with Crippen LogP contribution in [-0.2, 0) is 9.59 Å². The molecule has 0 spiro atoms. The highest BCUT2D eigenvalue weighted by atomic mass is 35.5. The number of hydrogen-bond acceptors (Lipinski definition) is 4. The average Bonchev–Trinajstić information content (AvgIpc) is 3.22. The molecule has 2 aliphatic heterocycles. The van der Waals surface area contributed by atoms with E-state index >= 15 is 0 Å². The van der Waals surface area contributed by atoms with Crippen LogP contribution in [0.15, 0.2) is 42.5 Å². The van der Waals surface area contributed by atoms with Gasteiger partial charge in [-0.1, -0.05) is 17.7 Å². The molecule has 2 aromatic rings. The number of hydrogen-bond donors (Lipinski definition) is 1. The highest BCUT2D eigenvalue weighted by Gasteiger charge is 2.27. The Morgan fingerprint density at radius 2 is 1.87 bits per heavy atom. The van der Waals surface area contributed by atoms with Crippen molar-refractivity contribution >= 4 is 35.2 Å². The van der Waals surface area contributed by atoms with E-state index < -0.39 is 5.82 Å². The van der Waals surface area contributed by atoms with Crippen molar-refractivity contribution in [2.24, 2.45) is 5.92 Å². The second kappa shape index (κ2) is 8.75. The summed E-state index contributed by atoms with van der Waals surface area (Å²) in [5, 5.41) is 2.92. The normalized spacial score (nSPS) is 16.1. The number of nitrogens with one attached hydrogen (secondary N) is 1. The largest absolute Gasteiger partial charge is 0.454 e. The van der Waals surface area contributed by atoms with Gasteiger partial charge in [0.1, 0.15) is 5.82 Å². The zero-order valence-corrected chi connectivity index (χ0v) is 16.8. The van der Waals surface area contributed by atoms with E-state index in [-0.39, 0.29) is 29.5 Å². The summed E-state index contributed by atoms with van der Waals surface area (Å²) in [4.78, 5) is 26.7. The molecule has 30 heavy (non-hydrogen) atoms. The number of ether oxygens (including phenoxy) is 2. The highest BCUT2D eigenvalue weighted by molar-refractivity contribution is 6.30. The Balaban J connectivity index is 1.28. The standard InChI is InChI=1S/C22H20ClFN2O4/c23-17-11-14(1-4-18(17)24)2-6-21(27)26-9-7-15(8-10-26)22(28)25-16-3-5-19-20(12-16)30-13-29-19/h1-6,11-12,15H,7-10,13H2,(H,25,28). The van der Waals surface area contributed by atoms with Gasteiger partial charge in [-0.25, -0.2) is 4.39 Å². The quantitative estimate of drug-likeness (QED) is 0.741. The van der Waals surface area contributed by atoms with Gasteiger partial charge < -0.3 is 19.7 Å². The number of carbonyl (C=O) groups excluding carboxylic acids is 2. The van der Waals surface area contributed by atoms with Crippen LogP contribution in [-0.4, -0.2) is 36.6 Å². The molecule has 156 valence electrons. The minimum Gasteiger partial charge on any atom is -0.454 e. The van der Waals surface area contributed by atoms with Crippen LogP contribution < -0.4 is 14.8 Å². The van der Waals surface area contributed by atoms with Gasteiger partial charge in [-0.3, -0.25) is 9.59 Å². The van der Waals surface area contributed by atoms with Crippen LogP contribution in [0.4, 0.5) is 10.1 Å². The van der Waals surface area contributed by atoms with Crippen molar-refractivity contribution in [3.05, 3.63) is 58.9 Å². The van der Waals surface area contributed by atoms with Crippen LogP contribution in [0, 0.1) is 11.7 Å². The molecular formula is C22H20ClFN2O4. The van der Waals surface area contributed by atoms with Crippen molar-refractivity contribution in [1.82, 2.24) is 4.90 Å². The summed E-state index contributed by atoms with van der Waals surface area (Å²) < 4.78 is 23.8. The molecule has 2 heterocycles.